The number of rotatable bonds is 8. The van der Waals surface area contributed by atoms with Gasteiger partial charge >= 0.3 is 0 Å². The molecule has 5 heteroatoms. The Morgan fingerprint density at radius 1 is 1.32 bits per heavy atom. The first-order valence-corrected chi connectivity index (χ1v) is 6.46. The summed E-state index contributed by atoms with van der Waals surface area (Å²) < 4.78 is 5.61. The molecule has 106 valence electrons. The van der Waals surface area contributed by atoms with Crippen LogP contribution in [0.5, 0.6) is 5.75 Å². The first-order chi connectivity index (χ1) is 8.97. The molecule has 5 nitrogen and oxygen atoms in total. The number of nitrogens with zero attached hydrogens (tertiary/aromatic N) is 1. The smallest absolute Gasteiger partial charge is 0.231 e. The van der Waals surface area contributed by atoms with E-state index in [0.29, 0.717) is 24.8 Å². The van der Waals surface area contributed by atoms with E-state index in [2.05, 4.69) is 13.8 Å². The Morgan fingerprint density at radius 3 is 2.47 bits per heavy atom. The van der Waals surface area contributed by atoms with E-state index in [1.807, 2.05) is 17.0 Å². The number of ether oxygens (including phenoxy) is 1. The molecule has 1 aromatic carbocycles. The van der Waals surface area contributed by atoms with Gasteiger partial charge in [0, 0.05) is 18.8 Å². The molecule has 1 rings (SSSR count). The lowest BCUT2D eigenvalue weighted by Gasteiger charge is -2.22. The molecule has 0 saturated carbocycles. The topological polar surface area (TPSA) is 81.6 Å². The van der Waals surface area contributed by atoms with Crippen molar-refractivity contribution in [2.45, 2.75) is 13.8 Å². The molecule has 0 aliphatic rings. The highest BCUT2D eigenvalue weighted by atomic mass is 16.5. The molecule has 0 bridgehead atoms. The maximum Gasteiger partial charge on any atom is 0.231 e. The monoisotopic (exact) mass is 265 g/mol. The van der Waals surface area contributed by atoms with Crippen molar-refractivity contribution in [3.63, 3.8) is 0 Å². The van der Waals surface area contributed by atoms with Crippen LogP contribution in [-0.2, 0) is 4.79 Å². The van der Waals surface area contributed by atoms with Crippen molar-refractivity contribution in [2.75, 3.05) is 32.0 Å². The van der Waals surface area contributed by atoms with Crippen molar-refractivity contribution < 1.29 is 9.53 Å². The minimum absolute atomic E-state index is 0.267. The molecule has 0 atom stereocenters. The molecule has 1 aromatic rings. The van der Waals surface area contributed by atoms with Crippen molar-refractivity contribution in [2.24, 2.45) is 11.7 Å². The molecule has 0 saturated heterocycles. The minimum Gasteiger partial charge on any atom is -0.492 e. The zero-order valence-corrected chi connectivity index (χ0v) is 11.6. The Hall–Kier alpha value is -1.75. The zero-order valence-electron chi connectivity index (χ0n) is 11.6. The molecule has 1 amide bonds. The van der Waals surface area contributed by atoms with Gasteiger partial charge in [-0.15, -0.1) is 0 Å². The highest BCUT2D eigenvalue weighted by Gasteiger charge is 2.10. The number of benzene rings is 1. The van der Waals surface area contributed by atoms with Crippen LogP contribution in [0.25, 0.3) is 0 Å². The Morgan fingerprint density at radius 2 is 1.95 bits per heavy atom. The van der Waals surface area contributed by atoms with Crippen LogP contribution in [0.2, 0.25) is 0 Å². The van der Waals surface area contributed by atoms with Gasteiger partial charge in [-0.2, -0.15) is 0 Å². The van der Waals surface area contributed by atoms with Crippen LogP contribution in [0.4, 0.5) is 5.69 Å². The number of hydrogen-bond acceptors (Lipinski definition) is 4. The molecular weight excluding hydrogens is 242 g/mol. The molecular formula is C14H23N3O2. The van der Waals surface area contributed by atoms with Gasteiger partial charge in [-0.05, 0) is 30.2 Å². The fourth-order valence-corrected chi connectivity index (χ4v) is 1.83. The summed E-state index contributed by atoms with van der Waals surface area (Å²) in [5, 5.41) is 0. The number of carbonyl (C=O) groups excluding carboxylic acids is 1. The summed E-state index contributed by atoms with van der Waals surface area (Å²) >= 11 is 0. The minimum atomic E-state index is -0.312. The number of hydrogen-bond donors (Lipinski definition) is 2. The van der Waals surface area contributed by atoms with Crippen LogP contribution < -0.4 is 16.2 Å². The van der Waals surface area contributed by atoms with Crippen LogP contribution in [-0.4, -0.2) is 37.0 Å². The molecule has 0 unspecified atom stereocenters. The maximum absolute atomic E-state index is 11.0. The third-order valence-corrected chi connectivity index (χ3v) is 2.56. The van der Waals surface area contributed by atoms with Crippen molar-refractivity contribution in [3.05, 3.63) is 24.3 Å². The molecule has 0 aliphatic heterocycles. The molecule has 0 aromatic heterocycles. The maximum atomic E-state index is 11.0. The normalized spacial score (nSPS) is 10.9. The second kappa shape index (κ2) is 7.63. The van der Waals surface area contributed by atoms with Gasteiger partial charge in [0.1, 0.15) is 12.4 Å². The summed E-state index contributed by atoms with van der Waals surface area (Å²) in [5.74, 6) is 0.946. The van der Waals surface area contributed by atoms with Crippen LogP contribution in [0.1, 0.15) is 13.8 Å². The number of nitrogen functional groups attached to an aromatic ring is 1. The summed E-state index contributed by atoms with van der Waals surface area (Å²) in [7, 11) is 0. The SMILES string of the molecule is CC(C)CN(CCOc1ccc(N)cc1)CC(N)=O. The summed E-state index contributed by atoms with van der Waals surface area (Å²) in [4.78, 5) is 13.0. The van der Waals surface area contributed by atoms with Gasteiger partial charge in [-0.3, -0.25) is 9.69 Å². The average Bonchev–Trinajstić information content (AvgIpc) is 2.30. The fourth-order valence-electron chi connectivity index (χ4n) is 1.83. The van der Waals surface area contributed by atoms with Crippen molar-refractivity contribution >= 4 is 11.6 Å². The first-order valence-electron chi connectivity index (χ1n) is 6.46. The summed E-state index contributed by atoms with van der Waals surface area (Å²) in [6.45, 7) is 6.50. The third-order valence-electron chi connectivity index (χ3n) is 2.56. The Balaban J connectivity index is 2.38. The van der Waals surface area contributed by atoms with Crippen LogP contribution >= 0.6 is 0 Å². The van der Waals surface area contributed by atoms with Gasteiger partial charge in [0.2, 0.25) is 5.91 Å². The number of primary amides is 1. The van der Waals surface area contributed by atoms with Crippen molar-refractivity contribution in [1.82, 2.24) is 4.90 Å². The lowest BCUT2D eigenvalue weighted by Crippen LogP contribution is -2.38. The number of nitrogens with two attached hydrogens (primary N) is 2. The molecule has 0 aliphatic carbocycles. The average molecular weight is 265 g/mol. The van der Waals surface area contributed by atoms with E-state index in [4.69, 9.17) is 16.2 Å². The molecule has 0 radical (unpaired) electrons. The lowest BCUT2D eigenvalue weighted by atomic mass is 10.2. The van der Waals surface area contributed by atoms with E-state index in [0.717, 1.165) is 12.3 Å². The van der Waals surface area contributed by atoms with Gasteiger partial charge in [-0.1, -0.05) is 13.8 Å². The van der Waals surface area contributed by atoms with Crippen LogP contribution in [0, 0.1) is 5.92 Å². The van der Waals surface area contributed by atoms with Gasteiger partial charge in [0.25, 0.3) is 0 Å². The van der Waals surface area contributed by atoms with Crippen molar-refractivity contribution in [3.8, 4) is 5.75 Å². The predicted octanol–water partition coefficient (Wildman–Crippen LogP) is 1.09. The molecule has 0 heterocycles. The van der Waals surface area contributed by atoms with Crippen molar-refractivity contribution in [1.29, 1.82) is 0 Å². The van der Waals surface area contributed by atoms with Gasteiger partial charge in [0.05, 0.1) is 6.54 Å². The molecule has 0 fully saturated rings. The predicted molar refractivity (Wildman–Crippen MR) is 76.8 cm³/mol. The van der Waals surface area contributed by atoms with E-state index in [1.54, 1.807) is 12.1 Å². The highest BCUT2D eigenvalue weighted by Crippen LogP contribution is 2.12. The first kappa shape index (κ1) is 15.3. The Labute approximate surface area is 114 Å². The van der Waals surface area contributed by atoms with E-state index >= 15 is 0 Å². The third kappa shape index (κ3) is 6.67. The molecule has 0 spiro atoms. The second-order valence-corrected chi connectivity index (χ2v) is 5.01. The Kier molecular flexibility index (Phi) is 6.15. The van der Waals surface area contributed by atoms with E-state index in [9.17, 15) is 4.79 Å². The van der Waals surface area contributed by atoms with E-state index in [1.165, 1.54) is 0 Å². The number of amides is 1. The summed E-state index contributed by atoms with van der Waals surface area (Å²) in [6, 6.07) is 7.25. The number of anilines is 1. The number of carbonyl (C=O) groups is 1. The summed E-state index contributed by atoms with van der Waals surface area (Å²) in [6.07, 6.45) is 0. The summed E-state index contributed by atoms with van der Waals surface area (Å²) in [5.41, 5.74) is 11.5. The van der Waals surface area contributed by atoms with Crippen LogP contribution in [0.15, 0.2) is 24.3 Å². The lowest BCUT2D eigenvalue weighted by molar-refractivity contribution is -0.119. The highest BCUT2D eigenvalue weighted by molar-refractivity contribution is 5.75. The molecule has 19 heavy (non-hydrogen) atoms. The van der Waals surface area contributed by atoms with Gasteiger partial charge in [-0.25, -0.2) is 0 Å². The Bertz CT molecular complexity index is 390. The van der Waals surface area contributed by atoms with Gasteiger partial charge < -0.3 is 16.2 Å². The van der Waals surface area contributed by atoms with E-state index < -0.39 is 0 Å². The molecule has 4 N–H and O–H groups in total. The quantitative estimate of drug-likeness (QED) is 0.689. The van der Waals surface area contributed by atoms with Gasteiger partial charge in [0.15, 0.2) is 0 Å². The largest absolute Gasteiger partial charge is 0.492 e. The fraction of sp³-hybridized carbons (Fsp3) is 0.500. The van der Waals surface area contributed by atoms with E-state index in [-0.39, 0.29) is 12.5 Å². The van der Waals surface area contributed by atoms with Crippen LogP contribution in [0.3, 0.4) is 0 Å². The second-order valence-electron chi connectivity index (χ2n) is 5.01. The standard InChI is InChI=1S/C14H23N3O2/c1-11(2)9-17(10-14(16)18)7-8-19-13-5-3-12(15)4-6-13/h3-6,11H,7-10,15H2,1-2H3,(H2,16,18). The zero-order chi connectivity index (χ0) is 14.3.